The van der Waals surface area contributed by atoms with Gasteiger partial charge in [0.2, 0.25) is 0 Å². The smallest absolute Gasteiger partial charge is 0.329 e. The number of aliphatic carboxylic acids is 1. The summed E-state index contributed by atoms with van der Waals surface area (Å²) < 4.78 is 30.1. The molecule has 0 aliphatic rings. The standard InChI is InChI=1S/C9H8F2O3/c10-7-1-2-8(11)6(3-7)4-14-5-9(12)13/h1-3H,4-5H2,(H,12,13). The molecule has 0 radical (unpaired) electrons. The minimum Gasteiger partial charge on any atom is -0.480 e. The summed E-state index contributed by atoms with van der Waals surface area (Å²) in [6.45, 7) is -0.786. The number of ether oxygens (including phenoxy) is 1. The molecule has 0 aromatic heterocycles. The van der Waals surface area contributed by atoms with Crippen molar-refractivity contribution in [2.75, 3.05) is 6.61 Å². The van der Waals surface area contributed by atoms with Crippen molar-refractivity contribution in [2.45, 2.75) is 6.61 Å². The maximum absolute atomic E-state index is 12.9. The van der Waals surface area contributed by atoms with Crippen LogP contribution in [-0.4, -0.2) is 17.7 Å². The number of carbonyl (C=O) groups is 1. The van der Waals surface area contributed by atoms with Crippen molar-refractivity contribution in [2.24, 2.45) is 0 Å². The molecule has 0 amide bonds. The van der Waals surface area contributed by atoms with Crippen LogP contribution in [0.2, 0.25) is 0 Å². The van der Waals surface area contributed by atoms with Crippen LogP contribution in [0.3, 0.4) is 0 Å². The molecule has 0 atom stereocenters. The van der Waals surface area contributed by atoms with Crippen LogP contribution in [0.4, 0.5) is 8.78 Å². The summed E-state index contributed by atoms with van der Waals surface area (Å²) in [5, 5.41) is 8.22. The molecule has 5 heteroatoms. The normalized spacial score (nSPS) is 10.1. The second kappa shape index (κ2) is 4.66. The lowest BCUT2D eigenvalue weighted by atomic mass is 10.2. The quantitative estimate of drug-likeness (QED) is 0.805. The van der Waals surface area contributed by atoms with Gasteiger partial charge < -0.3 is 9.84 Å². The first kappa shape index (κ1) is 10.6. The van der Waals surface area contributed by atoms with Gasteiger partial charge >= 0.3 is 5.97 Å². The van der Waals surface area contributed by atoms with Crippen LogP contribution in [0.1, 0.15) is 5.56 Å². The number of hydrogen-bond acceptors (Lipinski definition) is 2. The molecule has 0 spiro atoms. The second-order valence-corrected chi connectivity index (χ2v) is 2.62. The highest BCUT2D eigenvalue weighted by atomic mass is 19.1. The van der Waals surface area contributed by atoms with Gasteiger partial charge in [-0.3, -0.25) is 0 Å². The van der Waals surface area contributed by atoms with Crippen LogP contribution in [0.25, 0.3) is 0 Å². The summed E-state index contributed by atoms with van der Waals surface area (Å²) in [5.41, 5.74) is 0.00579. The Labute approximate surface area is 78.9 Å². The average molecular weight is 202 g/mol. The van der Waals surface area contributed by atoms with Crippen LogP contribution in [-0.2, 0) is 16.1 Å². The van der Waals surface area contributed by atoms with Crippen LogP contribution in [0.15, 0.2) is 18.2 Å². The molecule has 3 nitrogen and oxygen atoms in total. The summed E-state index contributed by atoms with van der Waals surface area (Å²) in [7, 11) is 0. The van der Waals surface area contributed by atoms with Crippen molar-refractivity contribution in [1.82, 2.24) is 0 Å². The predicted octanol–water partition coefficient (Wildman–Crippen LogP) is 1.57. The Bertz CT molecular complexity index is 339. The SMILES string of the molecule is O=C(O)COCc1cc(F)ccc1F. The summed E-state index contributed by atoms with van der Waals surface area (Å²) in [5.74, 6) is -2.35. The highest BCUT2D eigenvalue weighted by Crippen LogP contribution is 2.10. The van der Waals surface area contributed by atoms with Crippen LogP contribution in [0.5, 0.6) is 0 Å². The fourth-order valence-electron chi connectivity index (χ4n) is 0.902. The molecule has 0 saturated carbocycles. The van der Waals surface area contributed by atoms with Gasteiger partial charge in [0.25, 0.3) is 0 Å². The lowest BCUT2D eigenvalue weighted by Crippen LogP contribution is -2.07. The number of carboxylic acid groups (broad SMARTS) is 1. The maximum atomic E-state index is 12.9. The molecule has 1 N–H and O–H groups in total. The average Bonchev–Trinajstić information content (AvgIpc) is 2.10. The lowest BCUT2D eigenvalue weighted by Gasteiger charge is -2.02. The molecule has 14 heavy (non-hydrogen) atoms. The zero-order chi connectivity index (χ0) is 10.6. The summed E-state index contributed by atoms with van der Waals surface area (Å²) in [6.07, 6.45) is 0. The van der Waals surface area contributed by atoms with E-state index in [9.17, 15) is 13.6 Å². The molecule has 0 bridgehead atoms. The molecule has 1 aromatic carbocycles. The van der Waals surface area contributed by atoms with Crippen molar-refractivity contribution in [3.05, 3.63) is 35.4 Å². The van der Waals surface area contributed by atoms with E-state index >= 15 is 0 Å². The van der Waals surface area contributed by atoms with Crippen molar-refractivity contribution in [3.63, 3.8) is 0 Å². The first-order valence-electron chi connectivity index (χ1n) is 3.83. The highest BCUT2D eigenvalue weighted by Gasteiger charge is 2.04. The number of rotatable bonds is 4. The third-order valence-corrected chi connectivity index (χ3v) is 1.49. The topological polar surface area (TPSA) is 46.5 Å². The van der Waals surface area contributed by atoms with E-state index in [0.717, 1.165) is 18.2 Å². The molecule has 1 aromatic rings. The molecule has 0 fully saturated rings. The maximum Gasteiger partial charge on any atom is 0.329 e. The largest absolute Gasteiger partial charge is 0.480 e. The van der Waals surface area contributed by atoms with Gasteiger partial charge in [0.05, 0.1) is 6.61 Å². The Morgan fingerprint density at radius 2 is 2.14 bits per heavy atom. The summed E-state index contributed by atoms with van der Waals surface area (Å²) in [6, 6.07) is 2.92. The number of benzene rings is 1. The van der Waals surface area contributed by atoms with E-state index in [1.54, 1.807) is 0 Å². The minimum atomic E-state index is -1.15. The first-order chi connectivity index (χ1) is 6.59. The molecule has 0 aliphatic carbocycles. The van der Waals surface area contributed by atoms with Gasteiger partial charge in [0, 0.05) is 5.56 Å². The number of carboxylic acids is 1. The van der Waals surface area contributed by atoms with Gasteiger partial charge in [-0.1, -0.05) is 0 Å². The van der Waals surface area contributed by atoms with E-state index < -0.39 is 24.2 Å². The Hall–Kier alpha value is -1.49. The van der Waals surface area contributed by atoms with E-state index in [4.69, 9.17) is 5.11 Å². The van der Waals surface area contributed by atoms with Crippen molar-refractivity contribution >= 4 is 5.97 Å². The van der Waals surface area contributed by atoms with E-state index in [0.29, 0.717) is 0 Å². The first-order valence-corrected chi connectivity index (χ1v) is 3.83. The Kier molecular flexibility index (Phi) is 3.53. The fourth-order valence-corrected chi connectivity index (χ4v) is 0.902. The van der Waals surface area contributed by atoms with Crippen LogP contribution < -0.4 is 0 Å². The van der Waals surface area contributed by atoms with Crippen molar-refractivity contribution in [1.29, 1.82) is 0 Å². The molecule has 0 heterocycles. The van der Waals surface area contributed by atoms with Crippen LogP contribution >= 0.6 is 0 Å². The summed E-state index contributed by atoms with van der Waals surface area (Å²) >= 11 is 0. The molecule has 76 valence electrons. The van der Waals surface area contributed by atoms with E-state index in [2.05, 4.69) is 4.74 Å². The van der Waals surface area contributed by atoms with E-state index in [1.165, 1.54) is 0 Å². The fraction of sp³-hybridized carbons (Fsp3) is 0.222. The molecular weight excluding hydrogens is 194 g/mol. The van der Waals surface area contributed by atoms with Crippen LogP contribution in [0, 0.1) is 11.6 Å². The molecular formula is C9H8F2O3. The Morgan fingerprint density at radius 1 is 1.43 bits per heavy atom. The van der Waals surface area contributed by atoms with E-state index in [1.807, 2.05) is 0 Å². The van der Waals surface area contributed by atoms with Gasteiger partial charge in [-0.25, -0.2) is 13.6 Å². The minimum absolute atomic E-state index is 0.00579. The molecule has 1 rings (SSSR count). The Morgan fingerprint density at radius 3 is 2.79 bits per heavy atom. The van der Waals surface area contributed by atoms with Gasteiger partial charge in [0.15, 0.2) is 0 Å². The predicted molar refractivity (Wildman–Crippen MR) is 43.6 cm³/mol. The van der Waals surface area contributed by atoms with Crippen molar-refractivity contribution < 1.29 is 23.4 Å². The zero-order valence-corrected chi connectivity index (χ0v) is 7.17. The monoisotopic (exact) mass is 202 g/mol. The lowest BCUT2D eigenvalue weighted by molar-refractivity contribution is -0.142. The Balaban J connectivity index is 2.57. The highest BCUT2D eigenvalue weighted by molar-refractivity contribution is 5.67. The molecule has 0 unspecified atom stereocenters. The van der Waals surface area contributed by atoms with Gasteiger partial charge in [-0.15, -0.1) is 0 Å². The van der Waals surface area contributed by atoms with Gasteiger partial charge in [-0.05, 0) is 18.2 Å². The zero-order valence-electron chi connectivity index (χ0n) is 7.17. The van der Waals surface area contributed by atoms with Gasteiger partial charge in [0.1, 0.15) is 18.2 Å². The molecule has 0 saturated heterocycles. The van der Waals surface area contributed by atoms with Gasteiger partial charge in [-0.2, -0.15) is 0 Å². The third-order valence-electron chi connectivity index (χ3n) is 1.49. The second-order valence-electron chi connectivity index (χ2n) is 2.62. The third kappa shape index (κ3) is 3.10. The summed E-state index contributed by atoms with van der Waals surface area (Å²) in [4.78, 5) is 10.0. The van der Waals surface area contributed by atoms with Crippen molar-refractivity contribution in [3.8, 4) is 0 Å². The number of halogens is 2. The van der Waals surface area contributed by atoms with E-state index in [-0.39, 0.29) is 12.2 Å². The number of hydrogen-bond donors (Lipinski definition) is 1. The molecule has 0 aliphatic heterocycles.